The monoisotopic (exact) mass is 374 g/mol. The fourth-order valence-corrected chi connectivity index (χ4v) is 5.22. The van der Waals surface area contributed by atoms with Gasteiger partial charge in [-0.25, -0.2) is 0 Å². The Labute approximate surface area is 158 Å². The molecule has 0 spiro atoms. The second-order valence-electron chi connectivity index (χ2n) is 7.25. The van der Waals surface area contributed by atoms with Crippen LogP contribution in [-0.2, 0) is 11.3 Å². The Balaban J connectivity index is 1.37. The molecule has 0 N–H and O–H groups in total. The maximum absolute atomic E-state index is 12.7. The Hall–Kier alpha value is -1.76. The van der Waals surface area contributed by atoms with Crippen molar-refractivity contribution < 1.29 is 9.21 Å². The van der Waals surface area contributed by atoms with Crippen molar-refractivity contribution in [2.45, 2.75) is 50.7 Å². The second-order valence-corrected chi connectivity index (χ2v) is 8.19. The Morgan fingerprint density at radius 3 is 2.88 bits per heavy atom. The van der Waals surface area contributed by atoms with Gasteiger partial charge in [0.25, 0.3) is 0 Å². The van der Waals surface area contributed by atoms with Crippen LogP contribution >= 0.6 is 11.8 Å². The number of hydrogen-bond donors (Lipinski definition) is 0. The lowest BCUT2D eigenvalue weighted by Crippen LogP contribution is -2.45. The van der Waals surface area contributed by atoms with E-state index in [0.717, 1.165) is 42.5 Å². The van der Waals surface area contributed by atoms with Crippen LogP contribution in [0.15, 0.2) is 28.0 Å². The van der Waals surface area contributed by atoms with Crippen molar-refractivity contribution in [2.75, 3.05) is 18.8 Å². The van der Waals surface area contributed by atoms with Crippen LogP contribution < -0.4 is 0 Å². The lowest BCUT2D eigenvalue weighted by molar-refractivity contribution is -0.131. The van der Waals surface area contributed by atoms with Crippen molar-refractivity contribution in [3.8, 4) is 11.6 Å². The van der Waals surface area contributed by atoms with E-state index in [9.17, 15) is 4.79 Å². The van der Waals surface area contributed by atoms with Crippen molar-refractivity contribution >= 4 is 17.7 Å². The van der Waals surface area contributed by atoms with E-state index in [2.05, 4.69) is 22.0 Å². The van der Waals surface area contributed by atoms with Gasteiger partial charge in [-0.05, 0) is 43.7 Å². The standard InChI is InChI=1S/C19H26N4O2S/c1-2-23-18(16-8-5-11-25-16)20-21-19(23)26-13-17(24)22-10-9-14-6-3-4-7-15(14)12-22/h5,8,11,14-15H,2-4,6-7,9-10,12-13H2,1H3. The zero-order valence-electron chi connectivity index (χ0n) is 15.3. The molecule has 2 fully saturated rings. The molecule has 1 saturated carbocycles. The van der Waals surface area contributed by atoms with Gasteiger partial charge < -0.3 is 9.32 Å². The van der Waals surface area contributed by atoms with E-state index in [0.29, 0.717) is 11.5 Å². The Morgan fingerprint density at radius 1 is 1.27 bits per heavy atom. The largest absolute Gasteiger partial charge is 0.461 e. The van der Waals surface area contributed by atoms with E-state index >= 15 is 0 Å². The minimum absolute atomic E-state index is 0.226. The molecule has 2 aliphatic rings. The number of piperidine rings is 1. The van der Waals surface area contributed by atoms with Crippen molar-refractivity contribution in [3.63, 3.8) is 0 Å². The van der Waals surface area contributed by atoms with Gasteiger partial charge in [0, 0.05) is 19.6 Å². The Morgan fingerprint density at radius 2 is 2.12 bits per heavy atom. The number of rotatable bonds is 5. The molecule has 6 nitrogen and oxygen atoms in total. The molecule has 1 aliphatic heterocycles. The third-order valence-corrected chi connectivity index (χ3v) is 6.69. The van der Waals surface area contributed by atoms with Crippen molar-refractivity contribution in [2.24, 2.45) is 11.8 Å². The Bertz CT molecular complexity index is 743. The first kappa shape index (κ1) is 17.6. The zero-order chi connectivity index (χ0) is 17.9. The normalized spacial score (nSPS) is 23.0. The molecular weight excluding hydrogens is 348 g/mol. The summed E-state index contributed by atoms with van der Waals surface area (Å²) in [6, 6.07) is 3.72. The molecule has 2 unspecified atom stereocenters. The van der Waals surface area contributed by atoms with Gasteiger partial charge in [0.05, 0.1) is 12.0 Å². The topological polar surface area (TPSA) is 64.2 Å². The summed E-state index contributed by atoms with van der Waals surface area (Å²) >= 11 is 1.48. The quantitative estimate of drug-likeness (QED) is 0.747. The molecule has 1 aliphatic carbocycles. The summed E-state index contributed by atoms with van der Waals surface area (Å²) in [6.07, 6.45) is 8.15. The molecule has 1 amide bonds. The number of carbonyl (C=O) groups excluding carboxylic acids is 1. The molecular formula is C19H26N4O2S. The van der Waals surface area contributed by atoms with Gasteiger partial charge in [0.2, 0.25) is 5.91 Å². The van der Waals surface area contributed by atoms with Gasteiger partial charge in [0.15, 0.2) is 16.7 Å². The van der Waals surface area contributed by atoms with Crippen molar-refractivity contribution in [3.05, 3.63) is 18.4 Å². The second kappa shape index (κ2) is 7.86. The number of carbonyl (C=O) groups is 1. The van der Waals surface area contributed by atoms with Gasteiger partial charge in [-0.3, -0.25) is 9.36 Å². The lowest BCUT2D eigenvalue weighted by atomic mass is 9.75. The minimum Gasteiger partial charge on any atom is -0.461 e. The number of likely N-dealkylation sites (tertiary alicyclic amines) is 1. The number of nitrogens with zero attached hydrogens (tertiary/aromatic N) is 4. The van der Waals surface area contributed by atoms with Gasteiger partial charge in [-0.1, -0.05) is 31.0 Å². The zero-order valence-corrected chi connectivity index (χ0v) is 16.1. The average molecular weight is 375 g/mol. The summed E-state index contributed by atoms with van der Waals surface area (Å²) in [5.74, 6) is 3.64. The number of thioether (sulfide) groups is 1. The SMILES string of the molecule is CCn1c(SCC(=O)N2CCC3CCCCC3C2)nnc1-c1ccco1. The van der Waals surface area contributed by atoms with Gasteiger partial charge >= 0.3 is 0 Å². The smallest absolute Gasteiger partial charge is 0.233 e. The van der Waals surface area contributed by atoms with Crippen LogP contribution in [0.5, 0.6) is 0 Å². The first-order valence-corrected chi connectivity index (χ1v) is 10.6. The number of amides is 1. The maximum atomic E-state index is 12.7. The maximum Gasteiger partial charge on any atom is 0.233 e. The highest BCUT2D eigenvalue weighted by Crippen LogP contribution is 2.36. The van der Waals surface area contributed by atoms with Crippen LogP contribution in [0.4, 0.5) is 0 Å². The van der Waals surface area contributed by atoms with E-state index in [1.165, 1.54) is 43.9 Å². The summed E-state index contributed by atoms with van der Waals surface area (Å²) in [5, 5.41) is 9.30. The fourth-order valence-electron chi connectivity index (χ4n) is 4.31. The summed E-state index contributed by atoms with van der Waals surface area (Å²) in [7, 11) is 0. The minimum atomic E-state index is 0.226. The molecule has 2 aromatic rings. The highest BCUT2D eigenvalue weighted by Gasteiger charge is 2.32. The molecule has 4 rings (SSSR count). The van der Waals surface area contributed by atoms with E-state index in [1.807, 2.05) is 16.7 Å². The van der Waals surface area contributed by atoms with E-state index in [1.54, 1.807) is 6.26 Å². The van der Waals surface area contributed by atoms with Crippen LogP contribution in [0.2, 0.25) is 0 Å². The highest BCUT2D eigenvalue weighted by molar-refractivity contribution is 7.99. The lowest BCUT2D eigenvalue weighted by Gasteiger charge is -2.41. The van der Waals surface area contributed by atoms with E-state index in [-0.39, 0.29) is 5.91 Å². The van der Waals surface area contributed by atoms with Gasteiger partial charge in [-0.2, -0.15) is 0 Å². The van der Waals surface area contributed by atoms with Crippen molar-refractivity contribution in [1.29, 1.82) is 0 Å². The summed E-state index contributed by atoms with van der Waals surface area (Å²) < 4.78 is 7.44. The molecule has 0 radical (unpaired) electrons. The number of fused-ring (bicyclic) bond motifs is 1. The molecule has 1 saturated heterocycles. The third-order valence-electron chi connectivity index (χ3n) is 5.74. The summed E-state index contributed by atoms with van der Waals surface area (Å²) in [4.78, 5) is 14.8. The molecule has 7 heteroatoms. The van der Waals surface area contributed by atoms with Crippen LogP contribution in [-0.4, -0.2) is 44.4 Å². The molecule has 0 aromatic carbocycles. The molecule has 2 atom stereocenters. The number of furan rings is 1. The van der Waals surface area contributed by atoms with E-state index < -0.39 is 0 Å². The molecule has 140 valence electrons. The van der Waals surface area contributed by atoms with Crippen LogP contribution in [0.1, 0.15) is 39.0 Å². The average Bonchev–Trinajstić information content (AvgIpc) is 3.34. The van der Waals surface area contributed by atoms with Gasteiger partial charge in [0.1, 0.15) is 0 Å². The first-order valence-electron chi connectivity index (χ1n) is 9.64. The van der Waals surface area contributed by atoms with Crippen molar-refractivity contribution in [1.82, 2.24) is 19.7 Å². The molecule has 0 bridgehead atoms. The number of aromatic nitrogens is 3. The molecule has 26 heavy (non-hydrogen) atoms. The molecule has 2 aromatic heterocycles. The van der Waals surface area contributed by atoms with E-state index in [4.69, 9.17) is 4.42 Å². The van der Waals surface area contributed by atoms with Gasteiger partial charge in [-0.15, -0.1) is 10.2 Å². The van der Waals surface area contributed by atoms with Crippen LogP contribution in [0, 0.1) is 11.8 Å². The molecule has 3 heterocycles. The predicted molar refractivity (Wildman–Crippen MR) is 101 cm³/mol. The van der Waals surface area contributed by atoms with Crippen LogP contribution in [0.25, 0.3) is 11.6 Å². The fraction of sp³-hybridized carbons (Fsp3) is 0.632. The first-order chi connectivity index (χ1) is 12.8. The van der Waals surface area contributed by atoms with Crippen LogP contribution in [0.3, 0.4) is 0 Å². The third kappa shape index (κ3) is 3.54. The predicted octanol–water partition coefficient (Wildman–Crippen LogP) is 3.69. The number of hydrogen-bond acceptors (Lipinski definition) is 5. The highest BCUT2D eigenvalue weighted by atomic mass is 32.2. The Kier molecular flexibility index (Phi) is 5.33. The summed E-state index contributed by atoms with van der Waals surface area (Å²) in [5.41, 5.74) is 0. The summed E-state index contributed by atoms with van der Waals surface area (Å²) in [6.45, 7) is 4.66.